The first-order valence-electron chi connectivity index (χ1n) is 8.49. The van der Waals surface area contributed by atoms with Crippen LogP contribution >= 0.6 is 11.6 Å². The molecule has 4 rings (SSSR count). The van der Waals surface area contributed by atoms with Crippen LogP contribution in [0.2, 0.25) is 5.15 Å². The van der Waals surface area contributed by atoms with Gasteiger partial charge in [0.2, 0.25) is 0 Å². The molecular weight excluding hydrogens is 360 g/mol. The van der Waals surface area contributed by atoms with Gasteiger partial charge in [0.1, 0.15) is 16.5 Å². The highest BCUT2D eigenvalue weighted by Gasteiger charge is 2.18. The van der Waals surface area contributed by atoms with Crippen molar-refractivity contribution in [3.8, 4) is 11.4 Å². The van der Waals surface area contributed by atoms with Crippen LogP contribution in [0.5, 0.6) is 0 Å². The molecule has 0 aliphatic rings. The van der Waals surface area contributed by atoms with Gasteiger partial charge in [-0.2, -0.15) is 0 Å². The molecule has 0 unspecified atom stereocenters. The lowest BCUT2D eigenvalue weighted by atomic mass is 10.2. The Morgan fingerprint density at radius 2 is 1.74 bits per heavy atom. The number of carbonyl (C=O) groups is 1. The number of hydrogen-bond donors (Lipinski definition) is 1. The number of nitrogens with one attached hydrogen (secondary N) is 1. The van der Waals surface area contributed by atoms with E-state index < -0.39 is 0 Å². The Hall–Kier alpha value is -3.18. The van der Waals surface area contributed by atoms with Gasteiger partial charge in [-0.1, -0.05) is 59.6 Å². The van der Waals surface area contributed by atoms with Crippen LogP contribution in [0.3, 0.4) is 0 Å². The molecule has 0 saturated carbocycles. The highest BCUT2D eigenvalue weighted by Crippen LogP contribution is 2.27. The van der Waals surface area contributed by atoms with Gasteiger partial charge < -0.3 is 9.88 Å². The predicted octanol–water partition coefficient (Wildman–Crippen LogP) is 4.85. The van der Waals surface area contributed by atoms with E-state index in [0.29, 0.717) is 27.7 Å². The molecule has 0 aliphatic carbocycles. The number of amides is 1. The molecule has 2 aromatic carbocycles. The van der Waals surface area contributed by atoms with Crippen LogP contribution in [-0.4, -0.2) is 20.4 Å². The number of halogens is 1. The predicted molar refractivity (Wildman–Crippen MR) is 108 cm³/mol. The van der Waals surface area contributed by atoms with Crippen molar-refractivity contribution in [3.63, 3.8) is 0 Å². The molecule has 0 saturated heterocycles. The summed E-state index contributed by atoms with van der Waals surface area (Å²) in [5.41, 5.74) is 3.81. The van der Waals surface area contributed by atoms with Crippen molar-refractivity contribution in [1.82, 2.24) is 14.5 Å². The molecule has 6 heteroatoms. The van der Waals surface area contributed by atoms with Gasteiger partial charge in [0.25, 0.3) is 5.91 Å². The van der Waals surface area contributed by atoms with Crippen molar-refractivity contribution < 1.29 is 4.79 Å². The van der Waals surface area contributed by atoms with Gasteiger partial charge in [-0.05, 0) is 25.1 Å². The number of fused-ring (bicyclic) bond motifs is 1. The van der Waals surface area contributed by atoms with Crippen molar-refractivity contribution in [2.45, 2.75) is 6.92 Å². The first-order valence-corrected chi connectivity index (χ1v) is 8.87. The van der Waals surface area contributed by atoms with Crippen molar-refractivity contribution in [2.75, 3.05) is 5.32 Å². The Balaban J connectivity index is 1.74. The Morgan fingerprint density at radius 1 is 1.04 bits per heavy atom. The van der Waals surface area contributed by atoms with Crippen LogP contribution in [0.4, 0.5) is 5.69 Å². The summed E-state index contributed by atoms with van der Waals surface area (Å²) in [7, 11) is 1.80. The SMILES string of the molecule is Cc1ccc(NC(=O)c2cc3c(Cl)nc(-c4ccccc4)nc3n2C)cc1. The van der Waals surface area contributed by atoms with Crippen LogP contribution in [0, 0.1) is 6.92 Å². The zero-order valence-corrected chi connectivity index (χ0v) is 15.7. The molecule has 0 spiro atoms. The first kappa shape index (κ1) is 17.2. The van der Waals surface area contributed by atoms with Crippen molar-refractivity contribution >= 4 is 34.2 Å². The minimum absolute atomic E-state index is 0.225. The number of rotatable bonds is 3. The van der Waals surface area contributed by atoms with Crippen LogP contribution in [0.1, 0.15) is 16.1 Å². The van der Waals surface area contributed by atoms with Crippen LogP contribution in [-0.2, 0) is 7.05 Å². The van der Waals surface area contributed by atoms with Crippen LogP contribution in [0.15, 0.2) is 60.7 Å². The van der Waals surface area contributed by atoms with Gasteiger partial charge in [0, 0.05) is 18.3 Å². The fraction of sp³-hybridized carbons (Fsp3) is 0.0952. The molecule has 0 bridgehead atoms. The number of hydrogen-bond acceptors (Lipinski definition) is 3. The Bertz CT molecular complexity index is 1130. The number of anilines is 1. The lowest BCUT2D eigenvalue weighted by molar-refractivity contribution is 0.101. The standard InChI is InChI=1S/C21H17ClN4O/c1-13-8-10-15(11-9-13)23-21(27)17-12-16-18(22)24-19(25-20(16)26(17)2)14-6-4-3-5-7-14/h3-12H,1-2H3,(H,23,27). The third-order valence-electron chi connectivity index (χ3n) is 4.41. The number of benzene rings is 2. The fourth-order valence-electron chi connectivity index (χ4n) is 2.92. The average Bonchev–Trinajstić information content (AvgIpc) is 3.02. The number of aryl methyl sites for hydroxylation is 2. The minimum Gasteiger partial charge on any atom is -0.324 e. The van der Waals surface area contributed by atoms with Crippen LogP contribution in [0.25, 0.3) is 22.4 Å². The molecule has 134 valence electrons. The van der Waals surface area contributed by atoms with E-state index in [1.54, 1.807) is 17.7 Å². The summed E-state index contributed by atoms with van der Waals surface area (Å²) in [6, 6.07) is 19.0. The number of nitrogens with zero attached hydrogens (tertiary/aromatic N) is 3. The van der Waals surface area contributed by atoms with E-state index in [0.717, 1.165) is 16.8 Å². The van der Waals surface area contributed by atoms with Crippen molar-refractivity contribution in [3.05, 3.63) is 77.1 Å². The maximum absolute atomic E-state index is 12.7. The molecule has 1 amide bonds. The van der Waals surface area contributed by atoms with Gasteiger partial charge in [-0.15, -0.1) is 0 Å². The zero-order chi connectivity index (χ0) is 19.0. The second-order valence-corrected chi connectivity index (χ2v) is 6.71. The molecule has 4 aromatic rings. The molecule has 2 aromatic heterocycles. The molecule has 0 radical (unpaired) electrons. The molecule has 0 fully saturated rings. The summed E-state index contributed by atoms with van der Waals surface area (Å²) in [5, 5.41) is 3.87. The second kappa shape index (κ2) is 6.85. The Kier molecular flexibility index (Phi) is 4.38. The second-order valence-electron chi connectivity index (χ2n) is 6.35. The minimum atomic E-state index is -0.225. The maximum Gasteiger partial charge on any atom is 0.272 e. The zero-order valence-electron chi connectivity index (χ0n) is 14.9. The molecule has 1 N–H and O–H groups in total. The van der Waals surface area contributed by atoms with Gasteiger partial charge in [0.05, 0.1) is 5.39 Å². The maximum atomic E-state index is 12.7. The summed E-state index contributed by atoms with van der Waals surface area (Å²) < 4.78 is 1.73. The fourth-order valence-corrected chi connectivity index (χ4v) is 3.14. The quantitative estimate of drug-likeness (QED) is 0.520. The molecule has 27 heavy (non-hydrogen) atoms. The van der Waals surface area contributed by atoms with E-state index >= 15 is 0 Å². The average molecular weight is 377 g/mol. The van der Waals surface area contributed by atoms with E-state index in [9.17, 15) is 4.79 Å². The molecule has 0 aliphatic heterocycles. The number of aromatic nitrogens is 3. The van der Waals surface area contributed by atoms with E-state index in [1.807, 2.05) is 61.5 Å². The van der Waals surface area contributed by atoms with Gasteiger partial charge in [-0.25, -0.2) is 9.97 Å². The largest absolute Gasteiger partial charge is 0.324 e. The van der Waals surface area contributed by atoms with E-state index in [-0.39, 0.29) is 5.91 Å². The van der Waals surface area contributed by atoms with E-state index in [1.165, 1.54) is 0 Å². The smallest absolute Gasteiger partial charge is 0.272 e. The normalized spacial score (nSPS) is 10.9. The summed E-state index contributed by atoms with van der Waals surface area (Å²) in [5.74, 6) is 0.302. The summed E-state index contributed by atoms with van der Waals surface area (Å²) in [4.78, 5) is 21.7. The van der Waals surface area contributed by atoms with Crippen molar-refractivity contribution in [1.29, 1.82) is 0 Å². The summed E-state index contributed by atoms with van der Waals surface area (Å²) in [6.45, 7) is 2.00. The van der Waals surface area contributed by atoms with Gasteiger partial charge >= 0.3 is 0 Å². The Morgan fingerprint density at radius 3 is 2.44 bits per heavy atom. The van der Waals surface area contributed by atoms with Gasteiger partial charge in [0.15, 0.2) is 5.82 Å². The van der Waals surface area contributed by atoms with Crippen LogP contribution < -0.4 is 5.32 Å². The monoisotopic (exact) mass is 376 g/mol. The lowest BCUT2D eigenvalue weighted by Crippen LogP contribution is -2.15. The highest BCUT2D eigenvalue weighted by atomic mass is 35.5. The third kappa shape index (κ3) is 3.29. The molecule has 0 atom stereocenters. The summed E-state index contributed by atoms with van der Waals surface area (Å²) in [6.07, 6.45) is 0. The molecule has 2 heterocycles. The topological polar surface area (TPSA) is 59.8 Å². The first-order chi connectivity index (χ1) is 13.0. The summed E-state index contributed by atoms with van der Waals surface area (Å²) >= 11 is 6.38. The number of carbonyl (C=O) groups excluding carboxylic acids is 1. The lowest BCUT2D eigenvalue weighted by Gasteiger charge is -2.07. The van der Waals surface area contributed by atoms with Crippen molar-refractivity contribution in [2.24, 2.45) is 7.05 Å². The molecular formula is C21H17ClN4O. The third-order valence-corrected chi connectivity index (χ3v) is 4.70. The molecule has 5 nitrogen and oxygen atoms in total. The highest BCUT2D eigenvalue weighted by molar-refractivity contribution is 6.34. The van der Waals surface area contributed by atoms with Gasteiger partial charge in [-0.3, -0.25) is 4.79 Å². The Labute approximate surface area is 161 Å². The van der Waals surface area contributed by atoms with E-state index in [2.05, 4.69) is 15.3 Å². The van der Waals surface area contributed by atoms with E-state index in [4.69, 9.17) is 11.6 Å².